The number of benzene rings is 2. The molecule has 0 bridgehead atoms. The summed E-state index contributed by atoms with van der Waals surface area (Å²) >= 11 is 1.72. The minimum atomic E-state index is 0.701. The first-order valence-electron chi connectivity index (χ1n) is 5.69. The number of hydrogen-bond acceptors (Lipinski definition) is 3. The highest BCUT2D eigenvalue weighted by Crippen LogP contribution is 2.25. The van der Waals surface area contributed by atoms with E-state index in [4.69, 9.17) is 5.26 Å². The lowest BCUT2D eigenvalue weighted by Crippen LogP contribution is -2.00. The summed E-state index contributed by atoms with van der Waals surface area (Å²) in [6, 6.07) is 18.0. The Hall–Kier alpha value is -1.92. The van der Waals surface area contributed by atoms with Gasteiger partial charge in [0.15, 0.2) is 0 Å². The van der Waals surface area contributed by atoms with Crippen molar-refractivity contribution in [2.24, 2.45) is 0 Å². The highest BCUT2D eigenvalue weighted by atomic mass is 32.2. The van der Waals surface area contributed by atoms with Gasteiger partial charge in [-0.25, -0.2) is 0 Å². The van der Waals surface area contributed by atoms with Crippen LogP contribution in [0.3, 0.4) is 0 Å². The van der Waals surface area contributed by atoms with Gasteiger partial charge >= 0.3 is 0 Å². The van der Waals surface area contributed by atoms with Gasteiger partial charge in [-0.2, -0.15) is 5.26 Å². The summed E-state index contributed by atoms with van der Waals surface area (Å²) in [6.07, 6.45) is 2.07. The Morgan fingerprint density at radius 2 is 2.00 bits per heavy atom. The number of para-hydroxylation sites is 1. The molecule has 18 heavy (non-hydrogen) atoms. The van der Waals surface area contributed by atoms with Gasteiger partial charge in [0.05, 0.1) is 11.6 Å². The largest absolute Gasteiger partial charge is 0.380 e. The van der Waals surface area contributed by atoms with Crippen molar-refractivity contribution in [3.63, 3.8) is 0 Å². The summed E-state index contributed by atoms with van der Waals surface area (Å²) < 4.78 is 0. The molecule has 2 aromatic carbocycles. The Kier molecular flexibility index (Phi) is 4.27. The maximum Gasteiger partial charge on any atom is 0.0991 e. The predicted molar refractivity (Wildman–Crippen MR) is 76.7 cm³/mol. The van der Waals surface area contributed by atoms with Gasteiger partial charge in [-0.05, 0) is 36.1 Å². The smallest absolute Gasteiger partial charge is 0.0991 e. The topological polar surface area (TPSA) is 35.8 Å². The van der Waals surface area contributed by atoms with Gasteiger partial charge in [-0.15, -0.1) is 11.8 Å². The summed E-state index contributed by atoms with van der Waals surface area (Å²) in [5.41, 5.74) is 2.95. The monoisotopic (exact) mass is 254 g/mol. The second kappa shape index (κ2) is 6.13. The fourth-order valence-electron chi connectivity index (χ4n) is 1.74. The van der Waals surface area contributed by atoms with Crippen molar-refractivity contribution in [1.29, 1.82) is 5.26 Å². The Morgan fingerprint density at radius 3 is 2.78 bits per heavy atom. The maximum atomic E-state index is 8.86. The van der Waals surface area contributed by atoms with Gasteiger partial charge in [0.25, 0.3) is 0 Å². The lowest BCUT2D eigenvalue weighted by molar-refractivity contribution is 1.13. The number of nitrogens with zero attached hydrogens (tertiary/aromatic N) is 1. The molecule has 2 rings (SSSR count). The van der Waals surface area contributed by atoms with Crippen LogP contribution < -0.4 is 5.32 Å². The summed E-state index contributed by atoms with van der Waals surface area (Å²) in [6.45, 7) is 0.729. The van der Waals surface area contributed by atoms with E-state index in [9.17, 15) is 0 Å². The van der Waals surface area contributed by atoms with E-state index < -0.39 is 0 Å². The molecule has 0 radical (unpaired) electrons. The summed E-state index contributed by atoms with van der Waals surface area (Å²) in [5.74, 6) is 0. The van der Waals surface area contributed by atoms with Crippen molar-refractivity contribution in [3.05, 3.63) is 59.7 Å². The Morgan fingerprint density at radius 1 is 1.17 bits per heavy atom. The third-order valence-corrected chi connectivity index (χ3v) is 3.44. The molecule has 0 unspecified atom stereocenters. The molecule has 0 spiro atoms. The molecule has 0 saturated carbocycles. The molecule has 1 N–H and O–H groups in total. The van der Waals surface area contributed by atoms with Crippen LogP contribution in [-0.2, 0) is 6.54 Å². The molecule has 0 heterocycles. The molecule has 0 saturated heterocycles. The van der Waals surface area contributed by atoms with Crippen LogP contribution in [0.25, 0.3) is 0 Å². The molecule has 2 nitrogen and oxygen atoms in total. The second-order valence-corrected chi connectivity index (χ2v) is 4.71. The third-order valence-electron chi connectivity index (χ3n) is 2.65. The molecule has 0 amide bonds. The Balaban J connectivity index is 2.09. The fourth-order valence-corrected chi connectivity index (χ4v) is 2.31. The number of thioether (sulfide) groups is 1. The molecule has 0 aromatic heterocycles. The summed E-state index contributed by atoms with van der Waals surface area (Å²) in [4.78, 5) is 1.23. The number of anilines is 1. The van der Waals surface area contributed by atoms with E-state index in [1.54, 1.807) is 11.8 Å². The van der Waals surface area contributed by atoms with Crippen molar-refractivity contribution in [1.82, 2.24) is 0 Å². The van der Waals surface area contributed by atoms with Crippen molar-refractivity contribution in [2.75, 3.05) is 11.6 Å². The lowest BCUT2D eigenvalue weighted by atomic mass is 10.1. The quantitative estimate of drug-likeness (QED) is 0.841. The molecule has 0 aliphatic carbocycles. The molecule has 90 valence electrons. The highest BCUT2D eigenvalue weighted by molar-refractivity contribution is 7.98. The van der Waals surface area contributed by atoms with Gasteiger partial charge in [-0.3, -0.25) is 0 Å². The summed E-state index contributed by atoms with van der Waals surface area (Å²) in [7, 11) is 0. The van der Waals surface area contributed by atoms with E-state index in [0.717, 1.165) is 17.8 Å². The van der Waals surface area contributed by atoms with E-state index in [0.29, 0.717) is 5.56 Å². The lowest BCUT2D eigenvalue weighted by Gasteiger charge is -2.10. The van der Waals surface area contributed by atoms with Crippen LogP contribution in [0, 0.1) is 11.3 Å². The Labute approximate surface area is 112 Å². The van der Waals surface area contributed by atoms with Crippen LogP contribution in [0.4, 0.5) is 5.69 Å². The first-order valence-corrected chi connectivity index (χ1v) is 6.92. The zero-order valence-electron chi connectivity index (χ0n) is 10.2. The number of hydrogen-bond donors (Lipinski definition) is 1. The molecule has 0 aliphatic heterocycles. The van der Waals surface area contributed by atoms with Crippen molar-refractivity contribution in [2.45, 2.75) is 11.4 Å². The van der Waals surface area contributed by atoms with Crippen LogP contribution >= 0.6 is 11.8 Å². The van der Waals surface area contributed by atoms with Gasteiger partial charge < -0.3 is 5.32 Å². The van der Waals surface area contributed by atoms with E-state index >= 15 is 0 Å². The van der Waals surface area contributed by atoms with Crippen LogP contribution in [0.5, 0.6) is 0 Å². The zero-order chi connectivity index (χ0) is 12.8. The first kappa shape index (κ1) is 12.5. The van der Waals surface area contributed by atoms with Crippen LogP contribution in [0.1, 0.15) is 11.1 Å². The highest BCUT2D eigenvalue weighted by Gasteiger charge is 2.00. The van der Waals surface area contributed by atoms with E-state index in [1.807, 2.05) is 36.4 Å². The average molecular weight is 254 g/mol. The molecule has 0 fully saturated rings. The average Bonchev–Trinajstić information content (AvgIpc) is 2.45. The molecule has 2 aromatic rings. The fraction of sp³-hybridized carbons (Fsp3) is 0.133. The normalized spacial score (nSPS) is 9.78. The zero-order valence-corrected chi connectivity index (χ0v) is 11.0. The van der Waals surface area contributed by atoms with Crippen LogP contribution in [0.2, 0.25) is 0 Å². The van der Waals surface area contributed by atoms with Crippen molar-refractivity contribution in [3.8, 4) is 6.07 Å². The van der Waals surface area contributed by atoms with E-state index in [1.165, 1.54) is 4.90 Å². The SMILES string of the molecule is CSc1ccccc1NCc1cccc(C#N)c1. The van der Waals surface area contributed by atoms with Crippen LogP contribution in [0.15, 0.2) is 53.4 Å². The summed E-state index contributed by atoms with van der Waals surface area (Å²) in [5, 5.41) is 12.3. The van der Waals surface area contributed by atoms with E-state index in [-0.39, 0.29) is 0 Å². The first-order chi connectivity index (χ1) is 8.83. The standard InChI is InChI=1S/C15H14N2S/c1-18-15-8-3-2-7-14(15)17-11-13-6-4-5-12(9-13)10-16/h2-9,17H,11H2,1H3. The van der Waals surface area contributed by atoms with Gasteiger partial charge in [0, 0.05) is 17.1 Å². The minimum absolute atomic E-state index is 0.701. The molecular weight excluding hydrogens is 240 g/mol. The van der Waals surface area contributed by atoms with Gasteiger partial charge in [-0.1, -0.05) is 24.3 Å². The number of rotatable bonds is 4. The molecule has 0 atom stereocenters. The third kappa shape index (κ3) is 3.06. The van der Waals surface area contributed by atoms with Gasteiger partial charge in [0.1, 0.15) is 0 Å². The number of nitriles is 1. The van der Waals surface area contributed by atoms with Gasteiger partial charge in [0.2, 0.25) is 0 Å². The van der Waals surface area contributed by atoms with E-state index in [2.05, 4.69) is 29.8 Å². The second-order valence-electron chi connectivity index (χ2n) is 3.87. The van der Waals surface area contributed by atoms with Crippen LogP contribution in [-0.4, -0.2) is 6.26 Å². The van der Waals surface area contributed by atoms with Crippen molar-refractivity contribution < 1.29 is 0 Å². The molecule has 0 aliphatic rings. The molecular formula is C15H14N2S. The Bertz CT molecular complexity index is 573. The minimum Gasteiger partial charge on any atom is -0.380 e. The maximum absolute atomic E-state index is 8.86. The molecule has 3 heteroatoms. The van der Waals surface area contributed by atoms with Crippen molar-refractivity contribution >= 4 is 17.4 Å². The predicted octanol–water partition coefficient (Wildman–Crippen LogP) is 3.89. The number of nitrogens with one attached hydrogen (secondary N) is 1.